The smallest absolute Gasteiger partial charge is 0.0303 e. The highest BCUT2D eigenvalue weighted by Crippen LogP contribution is 2.26. The average molecular weight is 169 g/mol. The van der Waals surface area contributed by atoms with Gasteiger partial charge in [0.2, 0.25) is 0 Å². The predicted octanol–water partition coefficient (Wildman–Crippen LogP) is 2.77. The molecule has 1 heterocycles. The first-order valence-electron chi connectivity index (χ1n) is 3.97. The van der Waals surface area contributed by atoms with Gasteiger partial charge in [-0.15, -0.1) is 11.3 Å². The second-order valence-corrected chi connectivity index (χ2v) is 4.34. The Kier molecular flexibility index (Phi) is 2.68. The summed E-state index contributed by atoms with van der Waals surface area (Å²) in [5.41, 5.74) is 7.24. The molecule has 2 heteroatoms. The molecule has 1 aromatic heterocycles. The lowest BCUT2D eigenvalue weighted by molar-refractivity contribution is 0.697. The normalized spacial score (nSPS) is 13.5. The molecule has 2 N–H and O–H groups in total. The zero-order valence-electron chi connectivity index (χ0n) is 7.35. The molecule has 11 heavy (non-hydrogen) atoms. The second kappa shape index (κ2) is 3.37. The van der Waals surface area contributed by atoms with Crippen LogP contribution in [0.3, 0.4) is 0 Å². The molecule has 1 unspecified atom stereocenters. The van der Waals surface area contributed by atoms with E-state index in [2.05, 4.69) is 26.8 Å². The number of aryl methyl sites for hydroxylation is 2. The summed E-state index contributed by atoms with van der Waals surface area (Å²) in [6.45, 7) is 6.39. The highest BCUT2D eigenvalue weighted by Gasteiger charge is 2.08. The van der Waals surface area contributed by atoms with Crippen molar-refractivity contribution in [1.29, 1.82) is 0 Å². The molecule has 0 aromatic carbocycles. The fourth-order valence-corrected chi connectivity index (χ4v) is 2.24. The standard InChI is InChI=1S/C9H15NS/c1-4-9(10)8-5-6(2)11-7(8)3/h5,9H,4,10H2,1-3H3. The molecule has 1 atom stereocenters. The fourth-order valence-electron chi connectivity index (χ4n) is 1.24. The topological polar surface area (TPSA) is 26.0 Å². The molecular weight excluding hydrogens is 154 g/mol. The van der Waals surface area contributed by atoms with Gasteiger partial charge in [-0.1, -0.05) is 6.92 Å². The van der Waals surface area contributed by atoms with E-state index in [9.17, 15) is 0 Å². The summed E-state index contributed by atoms with van der Waals surface area (Å²) < 4.78 is 0. The van der Waals surface area contributed by atoms with Crippen molar-refractivity contribution in [3.8, 4) is 0 Å². The fraction of sp³-hybridized carbons (Fsp3) is 0.556. The van der Waals surface area contributed by atoms with Crippen LogP contribution in [0.4, 0.5) is 0 Å². The number of nitrogens with two attached hydrogens (primary N) is 1. The van der Waals surface area contributed by atoms with E-state index in [0.717, 1.165) is 6.42 Å². The Bertz CT molecular complexity index is 240. The van der Waals surface area contributed by atoms with Gasteiger partial charge in [0.25, 0.3) is 0 Å². The van der Waals surface area contributed by atoms with Crippen LogP contribution in [0.25, 0.3) is 0 Å². The van der Waals surface area contributed by atoms with Crippen LogP contribution >= 0.6 is 11.3 Å². The van der Waals surface area contributed by atoms with E-state index >= 15 is 0 Å². The third-order valence-electron chi connectivity index (χ3n) is 1.92. The Morgan fingerprint density at radius 3 is 2.55 bits per heavy atom. The summed E-state index contributed by atoms with van der Waals surface area (Å²) in [7, 11) is 0. The van der Waals surface area contributed by atoms with Crippen molar-refractivity contribution < 1.29 is 0 Å². The third kappa shape index (κ3) is 1.82. The molecule has 0 aliphatic rings. The lowest BCUT2D eigenvalue weighted by Gasteiger charge is -2.06. The van der Waals surface area contributed by atoms with Gasteiger partial charge < -0.3 is 5.73 Å². The molecule has 1 aromatic rings. The van der Waals surface area contributed by atoms with Crippen LogP contribution in [0.15, 0.2) is 6.07 Å². The lowest BCUT2D eigenvalue weighted by atomic mass is 10.1. The minimum atomic E-state index is 0.236. The van der Waals surface area contributed by atoms with E-state index in [0.29, 0.717) is 0 Å². The molecule has 0 aliphatic carbocycles. The monoisotopic (exact) mass is 169 g/mol. The van der Waals surface area contributed by atoms with E-state index in [1.54, 1.807) is 0 Å². The predicted molar refractivity (Wildman–Crippen MR) is 51.0 cm³/mol. The summed E-state index contributed by atoms with van der Waals surface area (Å²) in [5, 5.41) is 0. The van der Waals surface area contributed by atoms with Gasteiger partial charge in [0.1, 0.15) is 0 Å². The van der Waals surface area contributed by atoms with Crippen LogP contribution in [0.1, 0.15) is 34.7 Å². The molecule has 0 fully saturated rings. The Morgan fingerprint density at radius 2 is 2.18 bits per heavy atom. The molecule has 0 radical (unpaired) electrons. The van der Waals surface area contributed by atoms with Gasteiger partial charge in [0, 0.05) is 15.8 Å². The lowest BCUT2D eigenvalue weighted by Crippen LogP contribution is -2.08. The highest BCUT2D eigenvalue weighted by atomic mass is 32.1. The second-order valence-electron chi connectivity index (χ2n) is 2.88. The van der Waals surface area contributed by atoms with Crippen molar-refractivity contribution in [2.24, 2.45) is 5.73 Å². The van der Waals surface area contributed by atoms with Gasteiger partial charge in [-0.25, -0.2) is 0 Å². The van der Waals surface area contributed by atoms with Crippen molar-refractivity contribution in [2.45, 2.75) is 33.2 Å². The quantitative estimate of drug-likeness (QED) is 0.724. The first-order valence-corrected chi connectivity index (χ1v) is 4.79. The van der Waals surface area contributed by atoms with E-state index in [1.807, 2.05) is 11.3 Å². The molecule has 0 amide bonds. The van der Waals surface area contributed by atoms with Gasteiger partial charge in [-0.2, -0.15) is 0 Å². The van der Waals surface area contributed by atoms with Crippen molar-refractivity contribution in [1.82, 2.24) is 0 Å². The summed E-state index contributed by atoms with van der Waals surface area (Å²) >= 11 is 1.83. The van der Waals surface area contributed by atoms with Gasteiger partial charge in [0.05, 0.1) is 0 Å². The van der Waals surface area contributed by atoms with Gasteiger partial charge in [-0.3, -0.25) is 0 Å². The summed E-state index contributed by atoms with van der Waals surface area (Å²) in [4.78, 5) is 2.73. The van der Waals surface area contributed by atoms with Crippen molar-refractivity contribution in [3.63, 3.8) is 0 Å². The summed E-state index contributed by atoms with van der Waals surface area (Å²) in [6, 6.07) is 2.44. The van der Waals surface area contributed by atoms with Crippen LogP contribution in [0.5, 0.6) is 0 Å². The van der Waals surface area contributed by atoms with E-state index in [1.165, 1.54) is 15.3 Å². The number of rotatable bonds is 2. The Balaban J connectivity index is 2.93. The summed E-state index contributed by atoms with van der Waals surface area (Å²) in [5.74, 6) is 0. The van der Waals surface area contributed by atoms with Crippen LogP contribution in [-0.4, -0.2) is 0 Å². The van der Waals surface area contributed by atoms with Crippen LogP contribution in [-0.2, 0) is 0 Å². The van der Waals surface area contributed by atoms with Crippen molar-refractivity contribution in [3.05, 3.63) is 21.4 Å². The minimum absolute atomic E-state index is 0.236. The number of thiophene rings is 1. The van der Waals surface area contributed by atoms with Gasteiger partial charge in [-0.05, 0) is 31.9 Å². The molecule has 0 saturated carbocycles. The molecule has 0 saturated heterocycles. The van der Waals surface area contributed by atoms with Crippen molar-refractivity contribution in [2.75, 3.05) is 0 Å². The van der Waals surface area contributed by atoms with Crippen LogP contribution in [0.2, 0.25) is 0 Å². The van der Waals surface area contributed by atoms with Crippen molar-refractivity contribution >= 4 is 11.3 Å². The molecule has 1 nitrogen and oxygen atoms in total. The van der Waals surface area contributed by atoms with E-state index < -0.39 is 0 Å². The Hall–Kier alpha value is -0.340. The van der Waals surface area contributed by atoms with Gasteiger partial charge in [0.15, 0.2) is 0 Å². The van der Waals surface area contributed by atoms with E-state index in [4.69, 9.17) is 5.73 Å². The maximum Gasteiger partial charge on any atom is 0.0303 e. The molecule has 0 aliphatic heterocycles. The zero-order chi connectivity index (χ0) is 8.43. The first-order chi connectivity index (χ1) is 5.15. The third-order valence-corrected chi connectivity index (χ3v) is 2.90. The average Bonchev–Trinajstić information content (AvgIpc) is 2.28. The maximum atomic E-state index is 5.92. The Morgan fingerprint density at radius 1 is 1.55 bits per heavy atom. The highest BCUT2D eigenvalue weighted by molar-refractivity contribution is 7.12. The van der Waals surface area contributed by atoms with Crippen LogP contribution in [0, 0.1) is 13.8 Å². The van der Waals surface area contributed by atoms with Crippen LogP contribution < -0.4 is 5.73 Å². The zero-order valence-corrected chi connectivity index (χ0v) is 8.16. The molecule has 62 valence electrons. The molecule has 0 spiro atoms. The number of hydrogen-bond acceptors (Lipinski definition) is 2. The van der Waals surface area contributed by atoms with E-state index in [-0.39, 0.29) is 6.04 Å². The number of hydrogen-bond donors (Lipinski definition) is 1. The molecule has 0 bridgehead atoms. The maximum absolute atomic E-state index is 5.92. The first kappa shape index (κ1) is 8.75. The SMILES string of the molecule is CCC(N)c1cc(C)sc1C. The molecule has 1 rings (SSSR count). The minimum Gasteiger partial charge on any atom is -0.324 e. The molecular formula is C9H15NS. The summed E-state index contributed by atoms with van der Waals surface area (Å²) in [6.07, 6.45) is 1.02. The largest absolute Gasteiger partial charge is 0.324 e. The van der Waals surface area contributed by atoms with Gasteiger partial charge >= 0.3 is 0 Å². The Labute approximate surface area is 72.2 Å².